The topological polar surface area (TPSA) is 44.1 Å². The number of rotatable bonds is 7. The molecule has 1 aromatic carbocycles. The van der Waals surface area contributed by atoms with E-state index in [0.717, 1.165) is 49.2 Å². The van der Waals surface area contributed by atoms with Gasteiger partial charge in [-0.25, -0.2) is 4.98 Å². The summed E-state index contributed by atoms with van der Waals surface area (Å²) in [4.78, 5) is 17.7. The predicted octanol–water partition coefficient (Wildman–Crippen LogP) is 4.66. The molecule has 0 saturated carbocycles. The molecule has 0 bridgehead atoms. The summed E-state index contributed by atoms with van der Waals surface area (Å²) < 4.78 is 7.65. The summed E-state index contributed by atoms with van der Waals surface area (Å²) >= 11 is 0. The van der Waals surface area contributed by atoms with Crippen LogP contribution in [0.15, 0.2) is 24.5 Å². The van der Waals surface area contributed by atoms with Crippen molar-refractivity contribution in [3.05, 3.63) is 47.0 Å². The number of halogens is 1. The molecule has 0 aliphatic heterocycles. The van der Waals surface area contributed by atoms with E-state index < -0.39 is 0 Å². The molecular formula is C21H29ClN2O2. The lowest BCUT2D eigenvalue weighted by Crippen LogP contribution is -2.23. The van der Waals surface area contributed by atoms with Gasteiger partial charge in [0.15, 0.2) is 5.78 Å². The molecule has 0 amide bonds. The van der Waals surface area contributed by atoms with E-state index in [2.05, 4.69) is 23.4 Å². The van der Waals surface area contributed by atoms with Crippen LogP contribution >= 0.6 is 12.4 Å². The fourth-order valence-corrected chi connectivity index (χ4v) is 3.93. The number of aromatic nitrogens is 2. The van der Waals surface area contributed by atoms with Crippen molar-refractivity contribution in [2.45, 2.75) is 58.9 Å². The van der Waals surface area contributed by atoms with Crippen molar-refractivity contribution >= 4 is 18.2 Å². The minimum Gasteiger partial charge on any atom is -0.496 e. The summed E-state index contributed by atoms with van der Waals surface area (Å²) in [5, 5.41) is 0. The second kappa shape index (κ2) is 9.22. The molecule has 142 valence electrons. The molecule has 2 aromatic rings. The third kappa shape index (κ3) is 3.96. The van der Waals surface area contributed by atoms with Crippen molar-refractivity contribution in [1.82, 2.24) is 9.55 Å². The number of ketones is 1. The van der Waals surface area contributed by atoms with Gasteiger partial charge in [0.25, 0.3) is 0 Å². The first-order valence-corrected chi connectivity index (χ1v) is 9.42. The molecule has 3 rings (SSSR count). The van der Waals surface area contributed by atoms with Crippen LogP contribution in [-0.4, -0.2) is 22.4 Å². The first-order chi connectivity index (χ1) is 12.2. The van der Waals surface area contributed by atoms with Crippen molar-refractivity contribution in [3.8, 4) is 5.75 Å². The van der Waals surface area contributed by atoms with E-state index in [4.69, 9.17) is 4.74 Å². The summed E-state index contributed by atoms with van der Waals surface area (Å²) in [7, 11) is 1.71. The molecule has 1 heterocycles. The van der Waals surface area contributed by atoms with Crippen molar-refractivity contribution in [2.75, 3.05) is 7.11 Å². The minimum atomic E-state index is -0.0149. The highest BCUT2D eigenvalue weighted by molar-refractivity contribution is 5.99. The van der Waals surface area contributed by atoms with E-state index in [-0.39, 0.29) is 24.1 Å². The van der Waals surface area contributed by atoms with E-state index in [1.807, 2.05) is 24.5 Å². The molecule has 0 N–H and O–H groups in total. The van der Waals surface area contributed by atoms with Crippen LogP contribution in [0, 0.1) is 5.92 Å². The van der Waals surface area contributed by atoms with E-state index in [1.165, 1.54) is 17.5 Å². The van der Waals surface area contributed by atoms with Crippen molar-refractivity contribution in [1.29, 1.82) is 0 Å². The van der Waals surface area contributed by atoms with Gasteiger partial charge in [-0.2, -0.15) is 0 Å². The second-order valence-electron chi connectivity index (χ2n) is 6.80. The van der Waals surface area contributed by atoms with Crippen LogP contribution in [0.25, 0.3) is 0 Å². The number of aryl methyl sites for hydroxylation is 1. The van der Waals surface area contributed by atoms with Gasteiger partial charge in [-0.15, -0.1) is 12.4 Å². The number of nitrogens with zero attached hydrogens (tertiary/aromatic N) is 2. The Morgan fingerprint density at radius 3 is 2.62 bits per heavy atom. The van der Waals surface area contributed by atoms with Crippen LogP contribution in [0.1, 0.15) is 60.4 Å². The lowest BCUT2D eigenvalue weighted by atomic mass is 9.83. The molecule has 1 aliphatic rings. The molecule has 0 spiro atoms. The van der Waals surface area contributed by atoms with Crippen molar-refractivity contribution < 1.29 is 9.53 Å². The van der Waals surface area contributed by atoms with Gasteiger partial charge in [0.2, 0.25) is 0 Å². The van der Waals surface area contributed by atoms with Crippen LogP contribution in [0.3, 0.4) is 0 Å². The monoisotopic (exact) mass is 376 g/mol. The largest absolute Gasteiger partial charge is 0.496 e. The zero-order valence-electron chi connectivity index (χ0n) is 16.0. The van der Waals surface area contributed by atoms with Gasteiger partial charge < -0.3 is 9.30 Å². The summed E-state index contributed by atoms with van der Waals surface area (Å²) in [6, 6.07) is 3.95. The first-order valence-electron chi connectivity index (χ1n) is 9.42. The number of benzene rings is 1. The molecule has 4 nitrogen and oxygen atoms in total. The van der Waals surface area contributed by atoms with Gasteiger partial charge in [-0.05, 0) is 55.4 Å². The molecule has 5 heteroatoms. The van der Waals surface area contributed by atoms with E-state index in [0.29, 0.717) is 6.54 Å². The van der Waals surface area contributed by atoms with Gasteiger partial charge in [-0.3, -0.25) is 4.79 Å². The highest BCUT2D eigenvalue weighted by Crippen LogP contribution is 2.33. The Balaban J connectivity index is 0.00000243. The van der Waals surface area contributed by atoms with Crippen LogP contribution in [0.4, 0.5) is 0 Å². The van der Waals surface area contributed by atoms with E-state index in [9.17, 15) is 4.79 Å². The number of carbonyl (C=O) groups is 1. The Hall–Kier alpha value is -1.81. The lowest BCUT2D eigenvalue weighted by Gasteiger charge is -2.24. The Labute approximate surface area is 162 Å². The number of Topliss-reactive ketones (excluding diaryl/α,β-unsaturated/α-hetero) is 1. The number of fused-ring (bicyclic) bond motifs is 1. The van der Waals surface area contributed by atoms with Crippen LogP contribution < -0.4 is 4.74 Å². The van der Waals surface area contributed by atoms with Crippen molar-refractivity contribution in [3.63, 3.8) is 0 Å². The molecule has 1 aliphatic carbocycles. The van der Waals surface area contributed by atoms with Crippen LogP contribution in [0.2, 0.25) is 0 Å². The molecule has 0 radical (unpaired) electrons. The molecule has 0 saturated heterocycles. The summed E-state index contributed by atoms with van der Waals surface area (Å²) in [5.74, 6) is 2.23. The average Bonchev–Trinajstić information content (AvgIpc) is 3.11. The zero-order chi connectivity index (χ0) is 17.8. The maximum absolute atomic E-state index is 13.3. The second-order valence-corrected chi connectivity index (χ2v) is 6.80. The van der Waals surface area contributed by atoms with Gasteiger partial charge in [0.05, 0.1) is 7.11 Å². The maximum atomic E-state index is 13.3. The summed E-state index contributed by atoms with van der Waals surface area (Å²) in [5.41, 5.74) is 3.36. The van der Waals surface area contributed by atoms with Gasteiger partial charge >= 0.3 is 0 Å². The third-order valence-corrected chi connectivity index (χ3v) is 5.38. The quantitative estimate of drug-likeness (QED) is 0.660. The van der Waals surface area contributed by atoms with Gasteiger partial charge in [-0.1, -0.05) is 13.8 Å². The third-order valence-electron chi connectivity index (χ3n) is 5.38. The predicted molar refractivity (Wildman–Crippen MR) is 107 cm³/mol. The number of imidazole rings is 1. The maximum Gasteiger partial charge on any atom is 0.168 e. The summed E-state index contributed by atoms with van der Waals surface area (Å²) in [6.07, 6.45) is 9.85. The molecule has 1 atom stereocenters. The average molecular weight is 377 g/mol. The van der Waals surface area contributed by atoms with Gasteiger partial charge in [0, 0.05) is 36.8 Å². The summed E-state index contributed by atoms with van der Waals surface area (Å²) in [6.45, 7) is 4.90. The Bertz CT molecular complexity index is 754. The minimum absolute atomic E-state index is 0. The number of hydrogen-bond donors (Lipinski definition) is 0. The standard InChI is InChI=1S/C21H28N2O2.ClH/c1-4-15(14-23-13-12-22-20(23)5-2)21(24)18-10-11-19(25-3)17-9-7-6-8-16(17)18;/h10-13,15H,4-9,14H2,1-3H3;1H. The van der Waals surface area contributed by atoms with Gasteiger partial charge in [0.1, 0.15) is 11.6 Å². The Morgan fingerprint density at radius 2 is 1.96 bits per heavy atom. The molecule has 0 fully saturated rings. The fraction of sp³-hybridized carbons (Fsp3) is 0.524. The highest BCUT2D eigenvalue weighted by atomic mass is 35.5. The number of methoxy groups -OCH3 is 1. The molecule has 1 unspecified atom stereocenters. The van der Waals surface area contributed by atoms with Crippen molar-refractivity contribution in [2.24, 2.45) is 5.92 Å². The molecule has 26 heavy (non-hydrogen) atoms. The normalized spacial score (nSPS) is 14.3. The number of hydrogen-bond acceptors (Lipinski definition) is 3. The first kappa shape index (κ1) is 20.5. The van der Waals surface area contributed by atoms with E-state index >= 15 is 0 Å². The SMILES string of the molecule is CCc1nccn1CC(CC)C(=O)c1ccc(OC)c2c1CCCC2.Cl. The fourth-order valence-electron chi connectivity index (χ4n) is 3.93. The lowest BCUT2D eigenvalue weighted by molar-refractivity contribution is 0.0901. The highest BCUT2D eigenvalue weighted by Gasteiger charge is 2.26. The Kier molecular flexibility index (Phi) is 7.27. The van der Waals surface area contributed by atoms with E-state index in [1.54, 1.807) is 7.11 Å². The smallest absolute Gasteiger partial charge is 0.168 e. The van der Waals surface area contributed by atoms with Crippen LogP contribution in [-0.2, 0) is 25.8 Å². The number of carbonyl (C=O) groups excluding carboxylic acids is 1. The molecular weight excluding hydrogens is 348 g/mol. The zero-order valence-corrected chi connectivity index (χ0v) is 16.8. The number of ether oxygens (including phenoxy) is 1. The van der Waals surface area contributed by atoms with Crippen LogP contribution in [0.5, 0.6) is 5.75 Å². The molecule has 1 aromatic heterocycles. The Morgan fingerprint density at radius 1 is 1.23 bits per heavy atom.